The Balaban J connectivity index is 1.36. The van der Waals surface area contributed by atoms with Crippen molar-refractivity contribution < 1.29 is 24.2 Å². The Morgan fingerprint density at radius 2 is 1.95 bits per heavy atom. The molecule has 1 aromatic carbocycles. The van der Waals surface area contributed by atoms with E-state index in [4.69, 9.17) is 25.3 Å². The Hall–Kier alpha value is -3.26. The second kappa shape index (κ2) is 10.6. The van der Waals surface area contributed by atoms with Crippen LogP contribution < -0.4 is 20.5 Å². The molecule has 0 radical (unpaired) electrons. The summed E-state index contributed by atoms with van der Waals surface area (Å²) >= 11 is 5.10. The number of imidazole rings is 1. The molecule has 4 N–H and O–H groups in total. The van der Waals surface area contributed by atoms with Crippen LogP contribution in [0.15, 0.2) is 33.0 Å². The fourth-order valence-corrected chi connectivity index (χ4v) is 6.01. The zero-order valence-electron chi connectivity index (χ0n) is 20.0. The van der Waals surface area contributed by atoms with Crippen LogP contribution in [0.25, 0.3) is 11.2 Å². The number of likely N-dealkylation sites (tertiary alicyclic amines) is 1. The lowest BCUT2D eigenvalue weighted by Crippen LogP contribution is -2.49. The minimum atomic E-state index is -1.21. The number of nitrogens with two attached hydrogens (primary N) is 1. The number of piperidine rings is 1. The predicted octanol–water partition coefficient (Wildman–Crippen LogP) is 2.99. The fraction of sp³-hybridized carbons (Fsp3) is 0.435. The molecule has 2 aromatic heterocycles. The molecule has 1 fully saturated rings. The highest BCUT2D eigenvalue weighted by molar-refractivity contribution is 9.10. The standard InChI is InChI=1S/C23H26BrN7O5S/c1-12(28-23(33)34)21(32)30-4-2-13(3-5-30)10-31-20-18(19(25)26-11-27-20)29-22(31)37-17-9-16-15(8-14(17)24)35-6-7-36-16/h8-9,11-13,28H,2-7,10H2,1H3,(H,33,34)(H2,25,26,27)/t12-/m0/s1. The highest BCUT2D eigenvalue weighted by Gasteiger charge is 2.28. The lowest BCUT2D eigenvalue weighted by molar-refractivity contribution is -0.134. The molecule has 12 nitrogen and oxygen atoms in total. The molecular formula is C23H26BrN7O5S. The van der Waals surface area contributed by atoms with Crippen molar-refractivity contribution in [3.05, 3.63) is 22.9 Å². The van der Waals surface area contributed by atoms with Crippen LogP contribution in [0.5, 0.6) is 11.5 Å². The van der Waals surface area contributed by atoms with Crippen molar-refractivity contribution in [2.75, 3.05) is 32.0 Å². The monoisotopic (exact) mass is 591 g/mol. The number of carboxylic acid groups (broad SMARTS) is 1. The summed E-state index contributed by atoms with van der Waals surface area (Å²) in [5.74, 6) is 1.74. The van der Waals surface area contributed by atoms with Gasteiger partial charge in [-0.15, -0.1) is 0 Å². The van der Waals surface area contributed by atoms with Gasteiger partial charge in [-0.05, 0) is 53.7 Å². The molecule has 1 saturated heterocycles. The van der Waals surface area contributed by atoms with Crippen molar-refractivity contribution in [2.24, 2.45) is 5.92 Å². The number of hydrogen-bond acceptors (Lipinski definition) is 9. The van der Waals surface area contributed by atoms with Gasteiger partial charge in [-0.25, -0.2) is 19.7 Å². The highest BCUT2D eigenvalue weighted by Crippen LogP contribution is 2.42. The third-order valence-electron chi connectivity index (χ3n) is 6.40. The number of carbonyl (C=O) groups excluding carboxylic acids is 1. The zero-order chi connectivity index (χ0) is 26.1. The molecule has 0 aliphatic carbocycles. The van der Waals surface area contributed by atoms with Crippen LogP contribution in [0.3, 0.4) is 0 Å². The number of nitrogens with zero attached hydrogens (tertiary/aromatic N) is 5. The van der Waals surface area contributed by atoms with Crippen LogP contribution in [0.1, 0.15) is 19.8 Å². The summed E-state index contributed by atoms with van der Waals surface area (Å²) in [6.07, 6.45) is 1.76. The molecule has 1 atom stereocenters. The van der Waals surface area contributed by atoms with Crippen molar-refractivity contribution in [2.45, 2.75) is 42.4 Å². The molecule has 2 aliphatic rings. The third-order valence-corrected chi connectivity index (χ3v) is 8.37. The van der Waals surface area contributed by atoms with Crippen LogP contribution in [0, 0.1) is 5.92 Å². The topological polar surface area (TPSA) is 158 Å². The third kappa shape index (κ3) is 5.39. The first-order valence-electron chi connectivity index (χ1n) is 11.8. The van der Waals surface area contributed by atoms with Gasteiger partial charge < -0.3 is 35.1 Å². The molecule has 0 saturated carbocycles. The second-order valence-electron chi connectivity index (χ2n) is 8.90. The summed E-state index contributed by atoms with van der Waals surface area (Å²) in [6, 6.07) is 3.04. The molecule has 14 heteroatoms. The van der Waals surface area contributed by atoms with E-state index < -0.39 is 12.1 Å². The molecule has 0 bridgehead atoms. The molecular weight excluding hydrogens is 566 g/mol. The number of rotatable bonds is 6. The molecule has 2 aliphatic heterocycles. The van der Waals surface area contributed by atoms with E-state index in [-0.39, 0.29) is 11.8 Å². The van der Waals surface area contributed by atoms with Gasteiger partial charge in [0, 0.05) is 29.0 Å². The van der Waals surface area contributed by atoms with Crippen molar-refractivity contribution in [1.29, 1.82) is 0 Å². The van der Waals surface area contributed by atoms with E-state index in [0.717, 1.165) is 27.4 Å². The summed E-state index contributed by atoms with van der Waals surface area (Å²) in [7, 11) is 0. The Kier molecular flexibility index (Phi) is 7.29. The summed E-state index contributed by atoms with van der Waals surface area (Å²) in [4.78, 5) is 39.4. The SMILES string of the molecule is C[C@H](NC(=O)O)C(=O)N1CCC(Cn2c(Sc3cc4c(cc3Br)OCCO4)nc3c(N)ncnc32)CC1. The minimum Gasteiger partial charge on any atom is -0.486 e. The largest absolute Gasteiger partial charge is 0.486 e. The number of ether oxygens (including phenoxy) is 2. The first-order valence-corrected chi connectivity index (χ1v) is 13.4. The average Bonchev–Trinajstić information content (AvgIpc) is 3.22. The maximum absolute atomic E-state index is 12.6. The van der Waals surface area contributed by atoms with Crippen LogP contribution in [-0.2, 0) is 11.3 Å². The van der Waals surface area contributed by atoms with E-state index in [1.54, 1.807) is 11.8 Å². The summed E-state index contributed by atoms with van der Waals surface area (Å²) in [5.41, 5.74) is 7.32. The van der Waals surface area contributed by atoms with E-state index in [2.05, 4.69) is 35.8 Å². The lowest BCUT2D eigenvalue weighted by atomic mass is 9.96. The van der Waals surface area contributed by atoms with Crippen molar-refractivity contribution in [3.63, 3.8) is 0 Å². The molecule has 0 unspecified atom stereocenters. The molecule has 0 spiro atoms. The van der Waals surface area contributed by atoms with Gasteiger partial charge in [-0.1, -0.05) is 11.8 Å². The average molecular weight is 592 g/mol. The predicted molar refractivity (Wildman–Crippen MR) is 139 cm³/mol. The number of aromatic nitrogens is 4. The van der Waals surface area contributed by atoms with Crippen molar-refractivity contribution in [1.82, 2.24) is 29.7 Å². The van der Waals surface area contributed by atoms with Gasteiger partial charge in [-0.2, -0.15) is 0 Å². The Bertz CT molecular complexity index is 1340. The maximum atomic E-state index is 12.6. The molecule has 2 amide bonds. The van der Waals surface area contributed by atoms with Crippen LogP contribution in [0.2, 0.25) is 0 Å². The van der Waals surface area contributed by atoms with Crippen molar-refractivity contribution >= 4 is 56.7 Å². The summed E-state index contributed by atoms with van der Waals surface area (Å²) in [6.45, 7) is 4.31. The van der Waals surface area contributed by atoms with E-state index in [0.29, 0.717) is 61.3 Å². The molecule has 4 heterocycles. The van der Waals surface area contributed by atoms with E-state index >= 15 is 0 Å². The fourth-order valence-electron chi connectivity index (χ4n) is 4.51. The van der Waals surface area contributed by atoms with Crippen LogP contribution >= 0.6 is 27.7 Å². The van der Waals surface area contributed by atoms with Gasteiger partial charge in [0.05, 0.1) is 0 Å². The first kappa shape index (κ1) is 25.4. The number of fused-ring (bicyclic) bond motifs is 2. The molecule has 37 heavy (non-hydrogen) atoms. The Labute approximate surface area is 225 Å². The number of amides is 2. The second-order valence-corrected chi connectivity index (χ2v) is 10.8. The summed E-state index contributed by atoms with van der Waals surface area (Å²) < 4.78 is 14.3. The number of benzene rings is 1. The number of nitrogen functional groups attached to an aromatic ring is 1. The summed E-state index contributed by atoms with van der Waals surface area (Å²) in [5, 5.41) is 11.9. The molecule has 196 valence electrons. The van der Waals surface area contributed by atoms with Crippen LogP contribution in [0.4, 0.5) is 10.6 Å². The lowest BCUT2D eigenvalue weighted by Gasteiger charge is -2.33. The van der Waals surface area contributed by atoms with Gasteiger partial charge in [0.15, 0.2) is 33.6 Å². The normalized spacial score (nSPS) is 16.5. The van der Waals surface area contributed by atoms with Gasteiger partial charge in [0.2, 0.25) is 5.91 Å². The smallest absolute Gasteiger partial charge is 0.405 e. The molecule has 5 rings (SSSR count). The van der Waals surface area contributed by atoms with E-state index in [1.165, 1.54) is 18.1 Å². The first-order chi connectivity index (χ1) is 17.8. The highest BCUT2D eigenvalue weighted by atomic mass is 79.9. The van der Waals surface area contributed by atoms with E-state index in [1.807, 2.05) is 12.1 Å². The number of carbonyl (C=O) groups is 2. The molecule has 3 aromatic rings. The van der Waals surface area contributed by atoms with Gasteiger partial charge in [-0.3, -0.25) is 4.79 Å². The maximum Gasteiger partial charge on any atom is 0.405 e. The minimum absolute atomic E-state index is 0.214. The van der Waals surface area contributed by atoms with Crippen molar-refractivity contribution in [3.8, 4) is 11.5 Å². The number of anilines is 1. The Morgan fingerprint density at radius 3 is 2.65 bits per heavy atom. The zero-order valence-corrected chi connectivity index (χ0v) is 22.4. The number of nitrogens with one attached hydrogen (secondary N) is 1. The Morgan fingerprint density at radius 1 is 1.24 bits per heavy atom. The van der Waals surface area contributed by atoms with Gasteiger partial charge >= 0.3 is 6.09 Å². The van der Waals surface area contributed by atoms with Gasteiger partial charge in [0.25, 0.3) is 0 Å². The van der Waals surface area contributed by atoms with Gasteiger partial charge in [0.1, 0.15) is 25.6 Å². The number of halogens is 1. The van der Waals surface area contributed by atoms with Crippen LogP contribution in [-0.4, -0.2) is 73.9 Å². The quantitative estimate of drug-likeness (QED) is 0.389. The number of hydrogen-bond donors (Lipinski definition) is 3. The van der Waals surface area contributed by atoms with E-state index in [9.17, 15) is 9.59 Å².